The van der Waals surface area contributed by atoms with Gasteiger partial charge in [0.05, 0.1) is 6.54 Å². The second-order valence-electron chi connectivity index (χ2n) is 6.05. The molecule has 0 aliphatic rings. The van der Waals surface area contributed by atoms with Gasteiger partial charge in [0.15, 0.2) is 5.96 Å². The smallest absolute Gasteiger partial charge is 0.251 e. The quantitative estimate of drug-likeness (QED) is 0.218. The number of amides is 1. The van der Waals surface area contributed by atoms with Crippen molar-refractivity contribution in [3.05, 3.63) is 42.0 Å². The number of aromatic nitrogens is 3. The molecule has 0 fully saturated rings. The minimum Gasteiger partial charge on any atom is -0.508 e. The molecule has 0 aliphatic carbocycles. The molecule has 1 aromatic heterocycles. The van der Waals surface area contributed by atoms with Crippen molar-refractivity contribution in [2.45, 2.75) is 19.9 Å². The van der Waals surface area contributed by atoms with E-state index in [-0.39, 0.29) is 35.6 Å². The van der Waals surface area contributed by atoms with Gasteiger partial charge in [0, 0.05) is 39.3 Å². The molecule has 1 heterocycles. The Morgan fingerprint density at radius 1 is 1.36 bits per heavy atom. The highest BCUT2D eigenvalue weighted by Crippen LogP contribution is 2.10. The van der Waals surface area contributed by atoms with Crippen molar-refractivity contribution in [2.75, 3.05) is 26.7 Å². The Morgan fingerprint density at radius 3 is 2.79 bits per heavy atom. The lowest BCUT2D eigenvalue weighted by atomic mass is 10.2. The van der Waals surface area contributed by atoms with Gasteiger partial charge in [-0.3, -0.25) is 14.5 Å². The molecule has 0 saturated carbocycles. The van der Waals surface area contributed by atoms with Crippen LogP contribution in [0.3, 0.4) is 0 Å². The molecule has 2 aromatic rings. The SMILES string of the molecule is CCNC(=NCCCNC(=O)c1cccc(O)c1)N(C)Cc1ncnn1C.I. The molecule has 3 N–H and O–H groups in total. The third-order valence-electron chi connectivity index (χ3n) is 3.87. The molecule has 0 aliphatic heterocycles. The summed E-state index contributed by atoms with van der Waals surface area (Å²) in [4.78, 5) is 22.8. The number of aliphatic imine (C=N–C) groups is 1. The molecule has 1 aromatic carbocycles. The molecule has 0 bridgehead atoms. The molecule has 9 nitrogen and oxygen atoms in total. The van der Waals surface area contributed by atoms with E-state index in [0.717, 1.165) is 18.3 Å². The lowest BCUT2D eigenvalue weighted by Gasteiger charge is -2.21. The Kier molecular flexibility index (Phi) is 10.3. The fourth-order valence-electron chi connectivity index (χ4n) is 2.44. The number of nitrogens with zero attached hydrogens (tertiary/aromatic N) is 5. The van der Waals surface area contributed by atoms with E-state index in [2.05, 4.69) is 25.7 Å². The number of nitrogens with one attached hydrogen (secondary N) is 2. The maximum atomic E-state index is 12.0. The number of rotatable bonds is 8. The highest BCUT2D eigenvalue weighted by molar-refractivity contribution is 14.0. The standard InChI is InChI=1S/C18H27N7O2.HI/c1-4-19-18(24(2)12-16-22-13-23-25(16)3)21-10-6-9-20-17(27)14-7-5-8-15(26)11-14;/h5,7-8,11,13,26H,4,6,9-10,12H2,1-3H3,(H,19,21)(H,20,27);1H. The van der Waals surface area contributed by atoms with E-state index < -0.39 is 0 Å². The largest absolute Gasteiger partial charge is 0.508 e. The summed E-state index contributed by atoms with van der Waals surface area (Å²) in [5, 5.41) is 19.6. The first kappa shape index (κ1) is 23.7. The third kappa shape index (κ3) is 7.33. The van der Waals surface area contributed by atoms with E-state index in [0.29, 0.717) is 31.6 Å². The van der Waals surface area contributed by atoms with Gasteiger partial charge >= 0.3 is 0 Å². The van der Waals surface area contributed by atoms with Gasteiger partial charge in [-0.15, -0.1) is 24.0 Å². The number of benzene rings is 1. The molecule has 0 radical (unpaired) electrons. The summed E-state index contributed by atoms with van der Waals surface area (Å²) in [5.74, 6) is 1.50. The summed E-state index contributed by atoms with van der Waals surface area (Å²) < 4.78 is 1.73. The second kappa shape index (κ2) is 12.2. The Bertz CT molecular complexity index is 779. The lowest BCUT2D eigenvalue weighted by Crippen LogP contribution is -2.39. The molecule has 10 heteroatoms. The van der Waals surface area contributed by atoms with Crippen LogP contribution in [0.15, 0.2) is 35.6 Å². The van der Waals surface area contributed by atoms with E-state index in [1.165, 1.54) is 18.5 Å². The molecular formula is C18H28IN7O2. The Hall–Kier alpha value is -2.37. The van der Waals surface area contributed by atoms with Crippen LogP contribution in [-0.2, 0) is 13.6 Å². The molecule has 0 spiro atoms. The number of hydrogen-bond donors (Lipinski definition) is 3. The summed E-state index contributed by atoms with van der Waals surface area (Å²) in [6.07, 6.45) is 2.24. The van der Waals surface area contributed by atoms with Crippen molar-refractivity contribution < 1.29 is 9.90 Å². The average molecular weight is 501 g/mol. The fourth-order valence-corrected chi connectivity index (χ4v) is 2.44. The number of halogens is 1. The van der Waals surface area contributed by atoms with Crippen LogP contribution in [0, 0.1) is 0 Å². The van der Waals surface area contributed by atoms with Gasteiger partial charge in [0.25, 0.3) is 5.91 Å². The van der Waals surface area contributed by atoms with Gasteiger partial charge in [0.2, 0.25) is 0 Å². The maximum Gasteiger partial charge on any atom is 0.251 e. The molecule has 1 amide bonds. The van der Waals surface area contributed by atoms with Crippen LogP contribution in [0.4, 0.5) is 0 Å². The number of aromatic hydroxyl groups is 1. The van der Waals surface area contributed by atoms with Crippen molar-refractivity contribution in [3.63, 3.8) is 0 Å². The Balaban J connectivity index is 0.00000392. The Labute approximate surface area is 182 Å². The second-order valence-corrected chi connectivity index (χ2v) is 6.05. The third-order valence-corrected chi connectivity index (χ3v) is 3.87. The van der Waals surface area contributed by atoms with Crippen LogP contribution in [0.5, 0.6) is 5.75 Å². The van der Waals surface area contributed by atoms with Gasteiger partial charge in [0.1, 0.15) is 17.9 Å². The monoisotopic (exact) mass is 501 g/mol. The zero-order chi connectivity index (χ0) is 19.6. The van der Waals surface area contributed by atoms with Gasteiger partial charge in [-0.05, 0) is 31.5 Å². The number of phenols is 1. The zero-order valence-corrected chi connectivity index (χ0v) is 18.8. The predicted octanol–water partition coefficient (Wildman–Crippen LogP) is 1.36. The minimum absolute atomic E-state index is 0. The lowest BCUT2D eigenvalue weighted by molar-refractivity contribution is 0.0953. The molecule has 28 heavy (non-hydrogen) atoms. The molecule has 0 saturated heterocycles. The maximum absolute atomic E-state index is 12.0. The Morgan fingerprint density at radius 2 is 2.14 bits per heavy atom. The highest BCUT2D eigenvalue weighted by atomic mass is 127. The summed E-state index contributed by atoms with van der Waals surface area (Å²) in [5.41, 5.74) is 0.440. The number of carbonyl (C=O) groups is 1. The summed E-state index contributed by atoms with van der Waals surface area (Å²) >= 11 is 0. The molecule has 0 atom stereocenters. The minimum atomic E-state index is -0.207. The van der Waals surface area contributed by atoms with E-state index in [1.807, 2.05) is 25.9 Å². The molecule has 154 valence electrons. The average Bonchev–Trinajstić information content (AvgIpc) is 3.05. The highest BCUT2D eigenvalue weighted by Gasteiger charge is 2.10. The first-order chi connectivity index (χ1) is 13.0. The topological polar surface area (TPSA) is 108 Å². The fraction of sp³-hybridized carbons (Fsp3) is 0.444. The van der Waals surface area contributed by atoms with Gasteiger partial charge < -0.3 is 20.6 Å². The van der Waals surface area contributed by atoms with Crippen molar-refractivity contribution in [2.24, 2.45) is 12.0 Å². The number of phenolic OH excluding ortho intramolecular Hbond substituents is 1. The van der Waals surface area contributed by atoms with Crippen molar-refractivity contribution in [1.82, 2.24) is 30.3 Å². The normalized spacial score (nSPS) is 10.9. The van der Waals surface area contributed by atoms with Crippen LogP contribution in [0.1, 0.15) is 29.5 Å². The van der Waals surface area contributed by atoms with Crippen LogP contribution in [0.2, 0.25) is 0 Å². The van der Waals surface area contributed by atoms with Gasteiger partial charge in [-0.1, -0.05) is 6.07 Å². The number of aryl methyl sites for hydroxylation is 1. The van der Waals surface area contributed by atoms with Crippen LogP contribution < -0.4 is 10.6 Å². The first-order valence-corrected chi connectivity index (χ1v) is 8.90. The van der Waals surface area contributed by atoms with E-state index in [4.69, 9.17) is 0 Å². The molecule has 0 unspecified atom stereocenters. The van der Waals surface area contributed by atoms with E-state index in [1.54, 1.807) is 16.8 Å². The van der Waals surface area contributed by atoms with Crippen molar-refractivity contribution >= 4 is 35.8 Å². The van der Waals surface area contributed by atoms with Crippen molar-refractivity contribution in [1.29, 1.82) is 0 Å². The van der Waals surface area contributed by atoms with Crippen molar-refractivity contribution in [3.8, 4) is 5.75 Å². The number of hydrogen-bond acceptors (Lipinski definition) is 5. The van der Waals surface area contributed by atoms with Crippen LogP contribution in [0.25, 0.3) is 0 Å². The zero-order valence-electron chi connectivity index (χ0n) is 16.4. The van der Waals surface area contributed by atoms with E-state index in [9.17, 15) is 9.90 Å². The summed E-state index contributed by atoms with van der Waals surface area (Å²) in [6.45, 7) is 4.45. The van der Waals surface area contributed by atoms with Crippen LogP contribution in [-0.4, -0.2) is 63.3 Å². The van der Waals surface area contributed by atoms with Gasteiger partial charge in [-0.25, -0.2) is 4.98 Å². The number of guanidine groups is 1. The molecule has 2 rings (SSSR count). The number of carbonyl (C=O) groups excluding carboxylic acids is 1. The molecular weight excluding hydrogens is 473 g/mol. The summed E-state index contributed by atoms with van der Waals surface area (Å²) in [7, 11) is 3.80. The predicted molar refractivity (Wildman–Crippen MR) is 119 cm³/mol. The first-order valence-electron chi connectivity index (χ1n) is 8.90. The van der Waals surface area contributed by atoms with Crippen LogP contribution >= 0.6 is 24.0 Å². The van der Waals surface area contributed by atoms with E-state index >= 15 is 0 Å². The van der Waals surface area contributed by atoms with Gasteiger partial charge in [-0.2, -0.15) is 5.10 Å². The summed E-state index contributed by atoms with van der Waals surface area (Å²) in [6, 6.07) is 6.28.